The van der Waals surface area contributed by atoms with Crippen LogP contribution in [0.2, 0.25) is 0 Å². The zero-order chi connectivity index (χ0) is 18.9. The highest BCUT2D eigenvalue weighted by molar-refractivity contribution is 5.91. The molecular weight excluding hydrogens is 314 g/mol. The third kappa shape index (κ3) is 5.84. The largest absolute Gasteiger partial charge is 0.354 e. The summed E-state index contributed by atoms with van der Waals surface area (Å²) in [4.78, 5) is 27.5. The Bertz CT molecular complexity index is 448. The number of unbranched alkanes of at least 4 members (excludes halogenated alkanes) is 1. The van der Waals surface area contributed by atoms with Crippen molar-refractivity contribution in [1.29, 1.82) is 0 Å². The van der Waals surface area contributed by atoms with E-state index in [4.69, 9.17) is 0 Å². The molecule has 5 heteroatoms. The van der Waals surface area contributed by atoms with Crippen LogP contribution in [0.3, 0.4) is 0 Å². The predicted molar refractivity (Wildman–Crippen MR) is 103 cm³/mol. The quantitative estimate of drug-likeness (QED) is 0.470. The maximum Gasteiger partial charge on any atom is 0.246 e. The summed E-state index contributed by atoms with van der Waals surface area (Å²) < 4.78 is 0. The van der Waals surface area contributed by atoms with E-state index in [9.17, 15) is 9.59 Å². The number of allylic oxidation sites excluding steroid dienone is 1. The summed E-state index contributed by atoms with van der Waals surface area (Å²) in [5.74, 6) is 0.214. The molecule has 1 aliphatic carbocycles. The van der Waals surface area contributed by atoms with Gasteiger partial charge in [-0.05, 0) is 44.7 Å². The lowest BCUT2D eigenvalue weighted by molar-refractivity contribution is -0.138. The molecule has 144 valence electrons. The van der Waals surface area contributed by atoms with Gasteiger partial charge in [-0.15, -0.1) is 6.58 Å². The Balaban J connectivity index is 3.12. The highest BCUT2D eigenvalue weighted by Crippen LogP contribution is 2.38. The maximum absolute atomic E-state index is 13.2. The molecule has 0 aliphatic heterocycles. The molecule has 0 aromatic carbocycles. The lowest BCUT2D eigenvalue weighted by Gasteiger charge is -2.47. The van der Waals surface area contributed by atoms with Gasteiger partial charge in [-0.25, -0.2) is 0 Å². The summed E-state index contributed by atoms with van der Waals surface area (Å²) in [5, 5.41) is 6.14. The minimum atomic E-state index is -0.834. The van der Waals surface area contributed by atoms with Gasteiger partial charge in [-0.3, -0.25) is 9.59 Å². The van der Waals surface area contributed by atoms with Gasteiger partial charge in [-0.2, -0.15) is 0 Å². The van der Waals surface area contributed by atoms with Gasteiger partial charge in [0.05, 0.1) is 0 Å². The van der Waals surface area contributed by atoms with E-state index in [0.717, 1.165) is 45.3 Å². The number of carbonyl (C=O) groups excluding carboxylic acids is 2. The van der Waals surface area contributed by atoms with Gasteiger partial charge < -0.3 is 15.5 Å². The van der Waals surface area contributed by atoms with E-state index in [-0.39, 0.29) is 23.7 Å². The number of hydrogen-bond donors (Lipinski definition) is 2. The Morgan fingerprint density at radius 1 is 1.24 bits per heavy atom. The molecule has 1 fully saturated rings. The van der Waals surface area contributed by atoms with Crippen LogP contribution in [-0.2, 0) is 9.59 Å². The van der Waals surface area contributed by atoms with E-state index in [1.165, 1.54) is 6.92 Å². The highest BCUT2D eigenvalue weighted by atomic mass is 16.2. The topological polar surface area (TPSA) is 61.4 Å². The number of hydrogen-bond acceptors (Lipinski definition) is 3. The maximum atomic E-state index is 13.2. The molecular formula is C20H37N3O2. The molecule has 1 saturated carbocycles. The normalized spacial score (nSPS) is 26.3. The molecule has 5 nitrogen and oxygen atoms in total. The van der Waals surface area contributed by atoms with Crippen molar-refractivity contribution in [2.45, 2.75) is 65.3 Å². The van der Waals surface area contributed by atoms with Gasteiger partial charge in [-0.1, -0.05) is 33.3 Å². The minimum absolute atomic E-state index is 0.0279. The van der Waals surface area contributed by atoms with Gasteiger partial charge >= 0.3 is 0 Å². The molecule has 0 saturated heterocycles. The molecule has 0 bridgehead atoms. The fourth-order valence-corrected chi connectivity index (χ4v) is 3.92. The molecule has 0 aromatic rings. The van der Waals surface area contributed by atoms with Gasteiger partial charge in [0.2, 0.25) is 11.8 Å². The summed E-state index contributed by atoms with van der Waals surface area (Å²) in [6.07, 6.45) is 6.51. The second kappa shape index (κ2) is 10.6. The molecule has 2 N–H and O–H groups in total. The van der Waals surface area contributed by atoms with Crippen LogP contribution in [-0.4, -0.2) is 48.4 Å². The van der Waals surface area contributed by atoms with Crippen LogP contribution in [0.4, 0.5) is 0 Å². The zero-order valence-electron chi connectivity index (χ0n) is 16.6. The average Bonchev–Trinajstić information content (AvgIpc) is 2.60. The van der Waals surface area contributed by atoms with Crippen molar-refractivity contribution in [1.82, 2.24) is 15.5 Å². The predicted octanol–water partition coefficient (Wildman–Crippen LogP) is 2.72. The number of nitrogens with one attached hydrogen (secondary N) is 2. The second-order valence-electron chi connectivity index (χ2n) is 7.22. The Morgan fingerprint density at radius 3 is 2.44 bits per heavy atom. The van der Waals surface area contributed by atoms with Crippen LogP contribution in [0.1, 0.15) is 59.8 Å². The van der Waals surface area contributed by atoms with Crippen molar-refractivity contribution in [3.63, 3.8) is 0 Å². The van der Waals surface area contributed by atoms with Crippen LogP contribution in [0.5, 0.6) is 0 Å². The van der Waals surface area contributed by atoms with Crippen LogP contribution in [0, 0.1) is 11.8 Å². The van der Waals surface area contributed by atoms with Crippen LogP contribution < -0.4 is 10.6 Å². The zero-order valence-corrected chi connectivity index (χ0v) is 16.6. The van der Waals surface area contributed by atoms with Crippen molar-refractivity contribution in [3.8, 4) is 0 Å². The fraction of sp³-hybridized carbons (Fsp3) is 0.800. The summed E-state index contributed by atoms with van der Waals surface area (Å²) in [6.45, 7) is 15.2. The molecule has 0 heterocycles. The molecule has 25 heavy (non-hydrogen) atoms. The standard InChI is InChI=1S/C20H37N3O2/c1-6-10-13-21-19(25)20(22-16(5)24)14-17(7-2)11-12-18(20)15-23(8-3)9-4/h7,17-18H,2,6,8-15H2,1,3-5H3,(H,21,25)(H,22,24)/t17-,18+,20-/m1/s1. The number of carbonyl (C=O) groups is 2. The molecule has 0 aromatic heterocycles. The van der Waals surface area contributed by atoms with Crippen molar-refractivity contribution >= 4 is 11.8 Å². The number of rotatable bonds is 10. The SMILES string of the molecule is C=C[C@@H]1CC[C@@H](CN(CC)CC)[C@@](NC(C)=O)(C(=O)NCCCC)C1. The first-order valence-electron chi connectivity index (χ1n) is 9.85. The second-order valence-corrected chi connectivity index (χ2v) is 7.22. The van der Waals surface area contributed by atoms with Crippen molar-refractivity contribution in [2.75, 3.05) is 26.2 Å². The summed E-state index contributed by atoms with van der Waals surface area (Å²) in [6, 6.07) is 0. The molecule has 3 atom stereocenters. The Morgan fingerprint density at radius 2 is 1.92 bits per heavy atom. The molecule has 2 amide bonds. The Labute approximate surface area is 153 Å². The van der Waals surface area contributed by atoms with Crippen molar-refractivity contribution < 1.29 is 9.59 Å². The van der Waals surface area contributed by atoms with Gasteiger partial charge in [0, 0.05) is 25.9 Å². The van der Waals surface area contributed by atoms with Crippen LogP contribution in [0.25, 0.3) is 0 Å². The van der Waals surface area contributed by atoms with E-state index in [0.29, 0.717) is 13.0 Å². The van der Waals surface area contributed by atoms with E-state index in [1.807, 2.05) is 6.08 Å². The lowest BCUT2D eigenvalue weighted by atomic mass is 9.67. The first-order valence-corrected chi connectivity index (χ1v) is 9.85. The summed E-state index contributed by atoms with van der Waals surface area (Å²) in [5.41, 5.74) is -0.834. The third-order valence-electron chi connectivity index (χ3n) is 5.49. The van der Waals surface area contributed by atoms with Gasteiger partial charge in [0.15, 0.2) is 0 Å². The first kappa shape index (κ1) is 21.7. The van der Waals surface area contributed by atoms with E-state index >= 15 is 0 Å². The van der Waals surface area contributed by atoms with E-state index in [1.54, 1.807) is 0 Å². The molecule has 0 spiro atoms. The third-order valence-corrected chi connectivity index (χ3v) is 5.49. The molecule has 0 unspecified atom stereocenters. The first-order chi connectivity index (χ1) is 11.9. The average molecular weight is 352 g/mol. The smallest absolute Gasteiger partial charge is 0.246 e. The van der Waals surface area contributed by atoms with Crippen LogP contribution in [0.15, 0.2) is 12.7 Å². The van der Waals surface area contributed by atoms with E-state index in [2.05, 4.69) is 42.9 Å². The van der Waals surface area contributed by atoms with Crippen molar-refractivity contribution in [3.05, 3.63) is 12.7 Å². The van der Waals surface area contributed by atoms with Gasteiger partial charge in [0.1, 0.15) is 5.54 Å². The van der Waals surface area contributed by atoms with Crippen LogP contribution >= 0.6 is 0 Å². The number of nitrogens with zero attached hydrogens (tertiary/aromatic N) is 1. The Hall–Kier alpha value is -1.36. The number of amides is 2. The van der Waals surface area contributed by atoms with Crippen molar-refractivity contribution in [2.24, 2.45) is 11.8 Å². The monoisotopic (exact) mass is 351 g/mol. The molecule has 0 radical (unpaired) electrons. The summed E-state index contributed by atoms with van der Waals surface area (Å²) >= 11 is 0. The lowest BCUT2D eigenvalue weighted by Crippen LogP contribution is -2.66. The molecule has 1 aliphatic rings. The minimum Gasteiger partial charge on any atom is -0.354 e. The molecule has 1 rings (SSSR count). The van der Waals surface area contributed by atoms with E-state index < -0.39 is 5.54 Å². The summed E-state index contributed by atoms with van der Waals surface area (Å²) in [7, 11) is 0. The van der Waals surface area contributed by atoms with Gasteiger partial charge in [0.25, 0.3) is 0 Å². The highest BCUT2D eigenvalue weighted by Gasteiger charge is 2.49. The Kier molecular flexibility index (Phi) is 9.19. The fourth-order valence-electron chi connectivity index (χ4n) is 3.92.